The van der Waals surface area contributed by atoms with Gasteiger partial charge in [0.15, 0.2) is 0 Å². The van der Waals surface area contributed by atoms with Crippen molar-refractivity contribution in [2.24, 2.45) is 5.73 Å². The summed E-state index contributed by atoms with van der Waals surface area (Å²) in [5, 5.41) is 13.5. The molecular weight excluding hydrogens is 324 g/mol. The first-order chi connectivity index (χ1) is 11.5. The van der Waals surface area contributed by atoms with Crippen LogP contribution in [0.5, 0.6) is 0 Å². The van der Waals surface area contributed by atoms with Crippen LogP contribution in [0.1, 0.15) is 35.0 Å². The van der Waals surface area contributed by atoms with E-state index in [1.54, 1.807) is 24.3 Å². The number of rotatable bonds is 1. The lowest BCUT2D eigenvalue weighted by molar-refractivity contribution is 0.108. The summed E-state index contributed by atoms with van der Waals surface area (Å²) < 4.78 is 0.517. The molecule has 0 spiro atoms. The smallest absolute Gasteiger partial charge is 0.281 e. The number of allylic oxidation sites excluding steroid dienone is 1. The van der Waals surface area contributed by atoms with Gasteiger partial charge in [-0.05, 0) is 19.1 Å². The van der Waals surface area contributed by atoms with E-state index in [9.17, 15) is 14.9 Å². The van der Waals surface area contributed by atoms with Crippen molar-refractivity contribution in [2.75, 3.05) is 0 Å². The summed E-state index contributed by atoms with van der Waals surface area (Å²) in [7, 11) is 0. The van der Waals surface area contributed by atoms with Crippen LogP contribution in [-0.2, 0) is 4.75 Å². The molecule has 4 rings (SSSR count). The molecule has 6 nitrogen and oxygen atoms in total. The van der Waals surface area contributed by atoms with E-state index in [2.05, 4.69) is 11.2 Å². The van der Waals surface area contributed by atoms with Crippen LogP contribution >= 0.6 is 11.8 Å². The second kappa shape index (κ2) is 4.82. The minimum atomic E-state index is -0.669. The van der Waals surface area contributed by atoms with Crippen LogP contribution in [0, 0.1) is 11.3 Å². The minimum absolute atomic E-state index is 0.151. The van der Waals surface area contributed by atoms with Crippen LogP contribution in [-0.4, -0.2) is 14.9 Å². The van der Waals surface area contributed by atoms with Gasteiger partial charge in [-0.3, -0.25) is 9.59 Å². The average Bonchev–Trinajstić information content (AvgIpc) is 2.83. The highest BCUT2D eigenvalue weighted by molar-refractivity contribution is 8.15. The first kappa shape index (κ1) is 14.7. The molecule has 2 heterocycles. The number of aromatic nitrogens is 2. The number of carbonyl (C=O) groups excluding carboxylic acids is 1. The fourth-order valence-corrected chi connectivity index (χ4v) is 4.46. The van der Waals surface area contributed by atoms with Gasteiger partial charge in [-0.25, -0.2) is 0 Å². The first-order valence-corrected chi connectivity index (χ1v) is 8.13. The number of benzene rings is 1. The Morgan fingerprint density at radius 3 is 2.71 bits per heavy atom. The predicted octanol–water partition coefficient (Wildman–Crippen LogP) is 1.93. The van der Waals surface area contributed by atoms with Gasteiger partial charge >= 0.3 is 0 Å². The van der Waals surface area contributed by atoms with Gasteiger partial charge in [0.2, 0.25) is 5.12 Å². The molecule has 0 radical (unpaired) electrons. The summed E-state index contributed by atoms with van der Waals surface area (Å²) in [5.41, 5.74) is 7.77. The van der Waals surface area contributed by atoms with Crippen LogP contribution in [0.15, 0.2) is 40.7 Å². The number of thioether (sulfide) groups is 1. The molecule has 0 amide bonds. The number of nitrogens with zero attached hydrogens (tertiary/aromatic N) is 3. The molecule has 1 aliphatic heterocycles. The molecule has 0 saturated carbocycles. The van der Waals surface area contributed by atoms with Crippen LogP contribution in [0.2, 0.25) is 0 Å². The molecule has 7 heteroatoms. The Labute approximate surface area is 141 Å². The van der Waals surface area contributed by atoms with Crippen LogP contribution in [0.4, 0.5) is 0 Å². The summed E-state index contributed by atoms with van der Waals surface area (Å²) in [5.74, 6) is 0. The van der Waals surface area contributed by atoms with E-state index in [1.165, 1.54) is 4.68 Å². The minimum Gasteiger partial charge on any atom is -0.397 e. The van der Waals surface area contributed by atoms with Crippen LogP contribution in [0.3, 0.4) is 0 Å². The third kappa shape index (κ3) is 1.80. The Kier molecular flexibility index (Phi) is 2.96. The molecule has 1 aliphatic carbocycles. The number of hydrogen-bond acceptors (Lipinski definition) is 6. The molecule has 0 fully saturated rings. The molecule has 2 aromatic rings. The SMILES string of the molecule is CC12CC(C#N)=C(N)c3c1c(nn(-c1ccccc1)c3=O)C(=O)S2. The maximum Gasteiger partial charge on any atom is 0.281 e. The predicted molar refractivity (Wildman–Crippen MR) is 90.4 cm³/mol. The van der Waals surface area contributed by atoms with Crippen LogP contribution in [0.25, 0.3) is 11.4 Å². The third-order valence-corrected chi connectivity index (χ3v) is 5.56. The number of carbonyl (C=O) groups is 1. The topological polar surface area (TPSA) is 102 Å². The Balaban J connectivity index is 2.14. The Bertz CT molecular complexity index is 1030. The van der Waals surface area contributed by atoms with Crippen molar-refractivity contribution in [1.82, 2.24) is 9.78 Å². The van der Waals surface area contributed by atoms with Gasteiger partial charge in [0.25, 0.3) is 5.56 Å². The molecule has 1 unspecified atom stereocenters. The Morgan fingerprint density at radius 1 is 1.33 bits per heavy atom. The van der Waals surface area contributed by atoms with Crippen molar-refractivity contribution >= 4 is 22.6 Å². The van der Waals surface area contributed by atoms with E-state index in [0.29, 0.717) is 23.2 Å². The third-order valence-electron chi connectivity index (χ3n) is 4.38. The molecular formula is C17H12N4O2S. The largest absolute Gasteiger partial charge is 0.397 e. The fourth-order valence-electron chi connectivity index (χ4n) is 3.29. The van der Waals surface area contributed by atoms with Gasteiger partial charge in [-0.1, -0.05) is 30.0 Å². The standard InChI is InChI=1S/C17H12N4O2S/c1-17-7-9(8-18)13(19)11-12(17)14(16(23)24-17)20-21(15(11)22)10-5-3-2-4-6-10/h2-6H,7,19H2,1H3. The van der Waals surface area contributed by atoms with Gasteiger partial charge in [-0.15, -0.1) is 0 Å². The summed E-state index contributed by atoms with van der Waals surface area (Å²) in [6, 6.07) is 10.9. The molecule has 118 valence electrons. The van der Waals surface area contributed by atoms with Crippen molar-refractivity contribution in [3.05, 3.63) is 63.1 Å². The van der Waals surface area contributed by atoms with Crippen molar-refractivity contribution in [1.29, 1.82) is 5.26 Å². The molecule has 2 aliphatic rings. The lowest BCUT2D eigenvalue weighted by atomic mass is 9.82. The van der Waals surface area contributed by atoms with Gasteiger partial charge in [-0.2, -0.15) is 15.0 Å². The molecule has 0 saturated heterocycles. The number of nitrogens with two attached hydrogens (primary N) is 1. The van der Waals surface area contributed by atoms with E-state index in [0.717, 1.165) is 11.8 Å². The number of hydrogen-bond donors (Lipinski definition) is 1. The highest BCUT2D eigenvalue weighted by atomic mass is 32.2. The zero-order chi connectivity index (χ0) is 17.1. The molecule has 1 atom stereocenters. The van der Waals surface area contributed by atoms with Crippen molar-refractivity contribution in [3.8, 4) is 11.8 Å². The van der Waals surface area contributed by atoms with E-state index in [4.69, 9.17) is 5.73 Å². The lowest BCUT2D eigenvalue weighted by Crippen LogP contribution is -2.35. The zero-order valence-electron chi connectivity index (χ0n) is 12.7. The lowest BCUT2D eigenvalue weighted by Gasteiger charge is -2.29. The Hall–Kier alpha value is -2.85. The van der Waals surface area contributed by atoms with E-state index in [-0.39, 0.29) is 22.1 Å². The van der Waals surface area contributed by atoms with Gasteiger partial charge in [0.1, 0.15) is 5.69 Å². The highest BCUT2D eigenvalue weighted by Crippen LogP contribution is 2.54. The normalized spacial score (nSPS) is 21.6. The molecule has 1 aromatic heterocycles. The summed E-state index contributed by atoms with van der Waals surface area (Å²) in [6.45, 7) is 1.85. The maximum atomic E-state index is 13.0. The molecule has 0 bridgehead atoms. The van der Waals surface area contributed by atoms with Crippen molar-refractivity contribution in [2.45, 2.75) is 18.1 Å². The van der Waals surface area contributed by atoms with Crippen LogP contribution < -0.4 is 11.3 Å². The zero-order valence-corrected chi connectivity index (χ0v) is 13.6. The van der Waals surface area contributed by atoms with Gasteiger partial charge < -0.3 is 5.73 Å². The fraction of sp³-hybridized carbons (Fsp3) is 0.176. The monoisotopic (exact) mass is 336 g/mol. The summed E-state index contributed by atoms with van der Waals surface area (Å²) in [4.78, 5) is 25.5. The first-order valence-electron chi connectivity index (χ1n) is 7.32. The van der Waals surface area contributed by atoms with Gasteiger partial charge in [0, 0.05) is 12.0 Å². The molecule has 24 heavy (non-hydrogen) atoms. The van der Waals surface area contributed by atoms with E-state index >= 15 is 0 Å². The maximum absolute atomic E-state index is 13.0. The van der Waals surface area contributed by atoms with E-state index in [1.807, 2.05) is 13.0 Å². The second-order valence-corrected chi connectivity index (χ2v) is 7.43. The van der Waals surface area contributed by atoms with E-state index < -0.39 is 10.3 Å². The number of nitriles is 1. The Morgan fingerprint density at radius 2 is 2.04 bits per heavy atom. The molecule has 2 N–H and O–H groups in total. The van der Waals surface area contributed by atoms with Crippen molar-refractivity contribution in [3.63, 3.8) is 0 Å². The second-order valence-electron chi connectivity index (χ2n) is 5.95. The average molecular weight is 336 g/mol. The summed E-state index contributed by atoms with van der Waals surface area (Å²) >= 11 is 1.10. The quantitative estimate of drug-likeness (QED) is 0.854. The van der Waals surface area contributed by atoms with Gasteiger partial charge in [0.05, 0.1) is 33.3 Å². The number of para-hydroxylation sites is 1. The summed E-state index contributed by atoms with van der Waals surface area (Å²) in [6.07, 6.45) is 0.322. The molecule has 1 aromatic carbocycles. The van der Waals surface area contributed by atoms with Crippen molar-refractivity contribution < 1.29 is 4.79 Å². The highest BCUT2D eigenvalue weighted by Gasteiger charge is 2.49.